The SMILES string of the molecule is CCc1[nH]nc(C(=O)N2CCS(=O)(=O)CC2)c1N. The van der Waals surface area contributed by atoms with Crippen LogP contribution < -0.4 is 5.73 Å². The fourth-order valence-electron chi connectivity index (χ4n) is 1.88. The van der Waals surface area contributed by atoms with Crippen LogP contribution in [-0.2, 0) is 16.3 Å². The van der Waals surface area contributed by atoms with E-state index < -0.39 is 9.84 Å². The second-order valence-corrected chi connectivity index (χ2v) is 6.57. The number of aromatic amines is 1. The molecule has 18 heavy (non-hydrogen) atoms. The van der Waals surface area contributed by atoms with Gasteiger partial charge in [0, 0.05) is 13.1 Å². The molecule has 1 aliphatic rings. The number of amides is 1. The Morgan fingerprint density at radius 2 is 2.06 bits per heavy atom. The summed E-state index contributed by atoms with van der Waals surface area (Å²) >= 11 is 0. The van der Waals surface area contributed by atoms with Gasteiger partial charge in [0.05, 0.1) is 22.9 Å². The van der Waals surface area contributed by atoms with Gasteiger partial charge in [0.25, 0.3) is 5.91 Å². The van der Waals surface area contributed by atoms with Crippen molar-refractivity contribution in [2.24, 2.45) is 0 Å². The average Bonchev–Trinajstić information content (AvgIpc) is 2.69. The molecular weight excluding hydrogens is 256 g/mol. The van der Waals surface area contributed by atoms with Crippen LogP contribution in [0.15, 0.2) is 0 Å². The number of nitrogen functional groups attached to an aromatic ring is 1. The quantitative estimate of drug-likeness (QED) is 0.749. The van der Waals surface area contributed by atoms with Crippen LogP contribution in [-0.4, -0.2) is 54.0 Å². The van der Waals surface area contributed by atoms with Crippen molar-refractivity contribution in [1.82, 2.24) is 15.1 Å². The summed E-state index contributed by atoms with van der Waals surface area (Å²) < 4.78 is 22.6. The number of hydrogen-bond acceptors (Lipinski definition) is 5. The van der Waals surface area contributed by atoms with E-state index in [9.17, 15) is 13.2 Å². The number of hydrogen-bond donors (Lipinski definition) is 2. The zero-order valence-electron chi connectivity index (χ0n) is 10.1. The van der Waals surface area contributed by atoms with E-state index in [2.05, 4.69) is 10.2 Å². The zero-order chi connectivity index (χ0) is 13.3. The third kappa shape index (κ3) is 2.33. The van der Waals surface area contributed by atoms with E-state index in [1.807, 2.05) is 6.92 Å². The molecule has 1 fully saturated rings. The van der Waals surface area contributed by atoms with E-state index in [4.69, 9.17) is 5.73 Å². The first-order valence-corrected chi connectivity index (χ1v) is 7.59. The Morgan fingerprint density at radius 3 is 2.56 bits per heavy atom. The molecule has 0 spiro atoms. The lowest BCUT2D eigenvalue weighted by molar-refractivity contribution is 0.0765. The second kappa shape index (κ2) is 4.60. The van der Waals surface area contributed by atoms with Crippen molar-refractivity contribution in [2.45, 2.75) is 13.3 Å². The van der Waals surface area contributed by atoms with Gasteiger partial charge in [-0.25, -0.2) is 8.42 Å². The summed E-state index contributed by atoms with van der Waals surface area (Å²) in [6.45, 7) is 2.31. The van der Waals surface area contributed by atoms with Gasteiger partial charge in [-0.2, -0.15) is 5.10 Å². The van der Waals surface area contributed by atoms with Crippen LogP contribution in [0, 0.1) is 0 Å². The molecule has 1 aromatic rings. The van der Waals surface area contributed by atoms with Gasteiger partial charge >= 0.3 is 0 Å². The molecule has 0 atom stereocenters. The highest BCUT2D eigenvalue weighted by atomic mass is 32.2. The predicted octanol–water partition coefficient (Wildman–Crippen LogP) is -0.575. The maximum Gasteiger partial charge on any atom is 0.276 e. The van der Waals surface area contributed by atoms with Gasteiger partial charge in [-0.3, -0.25) is 9.89 Å². The van der Waals surface area contributed by atoms with E-state index >= 15 is 0 Å². The molecule has 0 bridgehead atoms. The third-order valence-corrected chi connectivity index (χ3v) is 4.68. The van der Waals surface area contributed by atoms with Crippen molar-refractivity contribution < 1.29 is 13.2 Å². The van der Waals surface area contributed by atoms with E-state index in [0.29, 0.717) is 12.1 Å². The molecular formula is C10H16N4O3S. The summed E-state index contributed by atoms with van der Waals surface area (Å²) in [7, 11) is -2.99. The minimum Gasteiger partial charge on any atom is -0.395 e. The number of aryl methyl sites for hydroxylation is 1. The molecule has 1 amide bonds. The second-order valence-electron chi connectivity index (χ2n) is 4.26. The van der Waals surface area contributed by atoms with Gasteiger partial charge in [-0.1, -0.05) is 6.92 Å². The van der Waals surface area contributed by atoms with Gasteiger partial charge in [-0.15, -0.1) is 0 Å². The van der Waals surface area contributed by atoms with Crippen LogP contribution in [0.1, 0.15) is 23.1 Å². The maximum absolute atomic E-state index is 12.1. The monoisotopic (exact) mass is 272 g/mol. The molecule has 3 N–H and O–H groups in total. The van der Waals surface area contributed by atoms with Gasteiger partial charge in [0.15, 0.2) is 15.5 Å². The predicted molar refractivity (Wildman–Crippen MR) is 66.9 cm³/mol. The van der Waals surface area contributed by atoms with E-state index in [0.717, 1.165) is 5.69 Å². The minimum atomic E-state index is -2.99. The molecule has 2 heterocycles. The van der Waals surface area contributed by atoms with Crippen LogP contribution in [0.5, 0.6) is 0 Å². The molecule has 1 saturated heterocycles. The third-order valence-electron chi connectivity index (χ3n) is 3.07. The minimum absolute atomic E-state index is 0.00367. The topological polar surface area (TPSA) is 109 Å². The molecule has 8 heteroatoms. The molecule has 2 rings (SSSR count). The fraction of sp³-hybridized carbons (Fsp3) is 0.600. The fourth-order valence-corrected chi connectivity index (χ4v) is 3.09. The summed E-state index contributed by atoms with van der Waals surface area (Å²) in [6.07, 6.45) is 0.667. The summed E-state index contributed by atoms with van der Waals surface area (Å²) in [5.74, 6) is -0.300. The molecule has 7 nitrogen and oxygen atoms in total. The summed E-state index contributed by atoms with van der Waals surface area (Å²) in [4.78, 5) is 13.6. The standard InChI is InChI=1S/C10H16N4O3S/c1-2-7-8(11)9(13-12-7)10(15)14-3-5-18(16,17)6-4-14/h2-6,11H2,1H3,(H,12,13). The van der Waals surface area contributed by atoms with Crippen molar-refractivity contribution in [3.05, 3.63) is 11.4 Å². The Kier molecular flexibility index (Phi) is 3.29. The molecule has 0 radical (unpaired) electrons. The first kappa shape index (κ1) is 12.9. The number of carbonyl (C=O) groups excluding carboxylic acids is 1. The molecule has 1 aliphatic heterocycles. The highest BCUT2D eigenvalue weighted by molar-refractivity contribution is 7.91. The van der Waals surface area contributed by atoms with Crippen molar-refractivity contribution >= 4 is 21.4 Å². The van der Waals surface area contributed by atoms with E-state index in [1.165, 1.54) is 4.90 Å². The Balaban J connectivity index is 2.15. The number of anilines is 1. The Morgan fingerprint density at radius 1 is 1.44 bits per heavy atom. The number of sulfone groups is 1. The molecule has 0 aliphatic carbocycles. The van der Waals surface area contributed by atoms with Crippen LogP contribution in [0.4, 0.5) is 5.69 Å². The number of rotatable bonds is 2. The summed E-state index contributed by atoms with van der Waals surface area (Å²) in [6, 6.07) is 0. The number of H-pyrrole nitrogens is 1. The molecule has 0 aromatic carbocycles. The first-order valence-electron chi connectivity index (χ1n) is 5.77. The van der Waals surface area contributed by atoms with Crippen molar-refractivity contribution in [3.63, 3.8) is 0 Å². The lowest BCUT2D eigenvalue weighted by Gasteiger charge is -2.26. The summed E-state index contributed by atoms with van der Waals surface area (Å²) in [5, 5.41) is 6.63. The Bertz CT molecular complexity index is 550. The molecule has 0 saturated carbocycles. The number of aromatic nitrogens is 2. The maximum atomic E-state index is 12.1. The molecule has 1 aromatic heterocycles. The smallest absolute Gasteiger partial charge is 0.276 e. The highest BCUT2D eigenvalue weighted by Crippen LogP contribution is 2.17. The number of nitrogens with one attached hydrogen (secondary N) is 1. The number of nitrogens with two attached hydrogens (primary N) is 1. The lowest BCUT2D eigenvalue weighted by Crippen LogP contribution is -2.44. The normalized spacial score (nSPS) is 18.8. The van der Waals surface area contributed by atoms with E-state index in [-0.39, 0.29) is 36.2 Å². The van der Waals surface area contributed by atoms with Crippen LogP contribution in [0.2, 0.25) is 0 Å². The highest BCUT2D eigenvalue weighted by Gasteiger charge is 2.28. The lowest BCUT2D eigenvalue weighted by atomic mass is 10.2. The average molecular weight is 272 g/mol. The van der Waals surface area contributed by atoms with Crippen molar-refractivity contribution in [1.29, 1.82) is 0 Å². The van der Waals surface area contributed by atoms with Gasteiger partial charge < -0.3 is 10.6 Å². The van der Waals surface area contributed by atoms with Crippen LogP contribution >= 0.6 is 0 Å². The zero-order valence-corrected chi connectivity index (χ0v) is 11.0. The van der Waals surface area contributed by atoms with E-state index in [1.54, 1.807) is 0 Å². The van der Waals surface area contributed by atoms with Gasteiger partial charge in [0.1, 0.15) is 0 Å². The van der Waals surface area contributed by atoms with Gasteiger partial charge in [-0.05, 0) is 6.42 Å². The van der Waals surface area contributed by atoms with Gasteiger partial charge in [0.2, 0.25) is 0 Å². The summed E-state index contributed by atoms with van der Waals surface area (Å²) in [5.41, 5.74) is 7.08. The van der Waals surface area contributed by atoms with Crippen LogP contribution in [0.3, 0.4) is 0 Å². The Labute approximate surface area is 105 Å². The number of carbonyl (C=O) groups is 1. The largest absolute Gasteiger partial charge is 0.395 e. The Hall–Kier alpha value is -1.57. The number of nitrogens with zero attached hydrogens (tertiary/aromatic N) is 2. The molecule has 100 valence electrons. The first-order chi connectivity index (χ1) is 8.44. The van der Waals surface area contributed by atoms with Crippen LogP contribution in [0.25, 0.3) is 0 Å². The molecule has 0 unspecified atom stereocenters. The van der Waals surface area contributed by atoms with Crippen molar-refractivity contribution in [3.8, 4) is 0 Å². The van der Waals surface area contributed by atoms with Crippen molar-refractivity contribution in [2.75, 3.05) is 30.3 Å².